The monoisotopic (exact) mass is 244 g/mol. The molecule has 1 aliphatic rings. The van der Waals surface area contributed by atoms with Gasteiger partial charge in [0, 0.05) is 13.1 Å². The lowest BCUT2D eigenvalue weighted by atomic mass is 10.0. The fourth-order valence-electron chi connectivity index (χ4n) is 1.78. The van der Waals surface area contributed by atoms with Gasteiger partial charge in [0.15, 0.2) is 0 Å². The van der Waals surface area contributed by atoms with Gasteiger partial charge < -0.3 is 20.1 Å². The van der Waals surface area contributed by atoms with Crippen LogP contribution in [0.15, 0.2) is 0 Å². The van der Waals surface area contributed by atoms with Crippen LogP contribution >= 0.6 is 0 Å². The van der Waals surface area contributed by atoms with E-state index in [4.69, 9.17) is 9.84 Å². The summed E-state index contributed by atoms with van der Waals surface area (Å²) in [5.74, 6) is 0. The van der Waals surface area contributed by atoms with Crippen molar-refractivity contribution in [3.8, 4) is 0 Å². The molecule has 0 bridgehead atoms. The van der Waals surface area contributed by atoms with Gasteiger partial charge in [0.1, 0.15) is 5.60 Å². The first-order valence-corrected chi connectivity index (χ1v) is 5.60. The standard InChI is InChI=1S/C11H20N2O4/c1-10(2,3)17-8(14)12-11(4)5-6-13(7-11)9(15)16/h5-7H2,1-4H3,(H,12,14)(H,15,16)/t11-/m1/s1. The highest BCUT2D eigenvalue weighted by molar-refractivity contribution is 5.70. The molecule has 1 heterocycles. The summed E-state index contributed by atoms with van der Waals surface area (Å²) < 4.78 is 5.14. The Morgan fingerprint density at radius 1 is 1.41 bits per heavy atom. The van der Waals surface area contributed by atoms with Crippen LogP contribution in [-0.4, -0.2) is 46.4 Å². The van der Waals surface area contributed by atoms with Crippen molar-refractivity contribution in [1.82, 2.24) is 10.2 Å². The summed E-state index contributed by atoms with van der Waals surface area (Å²) in [6, 6.07) is 0. The molecule has 0 aromatic carbocycles. The number of hydrogen-bond donors (Lipinski definition) is 2. The molecule has 1 fully saturated rings. The molecule has 0 unspecified atom stereocenters. The van der Waals surface area contributed by atoms with Gasteiger partial charge in [-0.15, -0.1) is 0 Å². The Balaban J connectivity index is 2.52. The van der Waals surface area contributed by atoms with E-state index in [9.17, 15) is 9.59 Å². The zero-order chi connectivity index (χ0) is 13.3. The second-order valence-corrected chi connectivity index (χ2v) is 5.64. The lowest BCUT2D eigenvalue weighted by Gasteiger charge is -2.28. The van der Waals surface area contributed by atoms with Crippen molar-refractivity contribution >= 4 is 12.2 Å². The number of rotatable bonds is 1. The van der Waals surface area contributed by atoms with Crippen molar-refractivity contribution in [2.45, 2.75) is 45.3 Å². The molecule has 0 aromatic heterocycles. The Morgan fingerprint density at radius 2 is 2.00 bits per heavy atom. The minimum absolute atomic E-state index is 0.293. The number of carbonyl (C=O) groups excluding carboxylic acids is 1. The molecular weight excluding hydrogens is 224 g/mol. The number of alkyl carbamates (subject to hydrolysis) is 1. The van der Waals surface area contributed by atoms with Crippen LogP contribution in [0.3, 0.4) is 0 Å². The number of nitrogens with zero attached hydrogens (tertiary/aromatic N) is 1. The van der Waals surface area contributed by atoms with Crippen molar-refractivity contribution in [2.75, 3.05) is 13.1 Å². The molecule has 98 valence electrons. The summed E-state index contributed by atoms with van der Waals surface area (Å²) >= 11 is 0. The van der Waals surface area contributed by atoms with Crippen LogP contribution in [0.1, 0.15) is 34.1 Å². The Kier molecular flexibility index (Phi) is 3.54. The van der Waals surface area contributed by atoms with Crippen LogP contribution in [0.25, 0.3) is 0 Å². The number of ether oxygens (including phenoxy) is 1. The van der Waals surface area contributed by atoms with Gasteiger partial charge in [0.2, 0.25) is 0 Å². The van der Waals surface area contributed by atoms with E-state index in [1.54, 1.807) is 20.8 Å². The van der Waals surface area contributed by atoms with Gasteiger partial charge in [-0.05, 0) is 34.1 Å². The molecule has 2 N–H and O–H groups in total. The molecule has 1 aliphatic heterocycles. The molecule has 0 radical (unpaired) electrons. The van der Waals surface area contributed by atoms with Gasteiger partial charge in [-0.3, -0.25) is 0 Å². The second-order valence-electron chi connectivity index (χ2n) is 5.64. The largest absolute Gasteiger partial charge is 0.465 e. The van der Waals surface area contributed by atoms with E-state index in [1.807, 2.05) is 6.92 Å². The second kappa shape index (κ2) is 4.43. The summed E-state index contributed by atoms with van der Waals surface area (Å²) in [4.78, 5) is 23.7. The van der Waals surface area contributed by atoms with Crippen molar-refractivity contribution in [3.63, 3.8) is 0 Å². The molecule has 0 aromatic rings. The molecule has 0 spiro atoms. The maximum Gasteiger partial charge on any atom is 0.408 e. The van der Waals surface area contributed by atoms with E-state index in [1.165, 1.54) is 4.90 Å². The first kappa shape index (κ1) is 13.6. The normalized spacial score (nSPS) is 24.6. The topological polar surface area (TPSA) is 78.9 Å². The summed E-state index contributed by atoms with van der Waals surface area (Å²) in [7, 11) is 0. The van der Waals surface area contributed by atoms with Crippen molar-refractivity contribution < 1.29 is 19.4 Å². The maximum atomic E-state index is 11.6. The van der Waals surface area contributed by atoms with Crippen LogP contribution in [0, 0.1) is 0 Å². The van der Waals surface area contributed by atoms with Gasteiger partial charge in [0.05, 0.1) is 5.54 Å². The van der Waals surface area contributed by atoms with Crippen molar-refractivity contribution in [2.24, 2.45) is 0 Å². The Morgan fingerprint density at radius 3 is 2.41 bits per heavy atom. The molecule has 17 heavy (non-hydrogen) atoms. The fraction of sp³-hybridized carbons (Fsp3) is 0.818. The van der Waals surface area contributed by atoms with Crippen LogP contribution in [0.4, 0.5) is 9.59 Å². The van der Waals surface area contributed by atoms with Crippen LogP contribution in [-0.2, 0) is 4.74 Å². The molecule has 1 rings (SSSR count). The molecular formula is C11H20N2O4. The summed E-state index contributed by atoms with van der Waals surface area (Å²) in [5.41, 5.74) is -1.09. The number of carboxylic acid groups (broad SMARTS) is 1. The van der Waals surface area contributed by atoms with E-state index in [2.05, 4.69) is 5.32 Å². The summed E-state index contributed by atoms with van der Waals surface area (Å²) in [6.07, 6.45) is -0.870. The van der Waals surface area contributed by atoms with Crippen molar-refractivity contribution in [3.05, 3.63) is 0 Å². The maximum absolute atomic E-state index is 11.6. The third kappa shape index (κ3) is 4.13. The number of hydrogen-bond acceptors (Lipinski definition) is 3. The quantitative estimate of drug-likeness (QED) is 0.735. The van der Waals surface area contributed by atoms with E-state index >= 15 is 0 Å². The van der Waals surface area contributed by atoms with Crippen LogP contribution in [0.2, 0.25) is 0 Å². The summed E-state index contributed by atoms with van der Waals surface area (Å²) in [5, 5.41) is 11.6. The molecule has 1 saturated heterocycles. The van der Waals surface area contributed by atoms with Gasteiger partial charge in [0.25, 0.3) is 0 Å². The first-order valence-electron chi connectivity index (χ1n) is 5.60. The Bertz CT molecular complexity index is 324. The highest BCUT2D eigenvalue weighted by Crippen LogP contribution is 2.21. The van der Waals surface area contributed by atoms with Gasteiger partial charge in [-0.1, -0.05) is 0 Å². The summed E-state index contributed by atoms with van der Waals surface area (Å²) in [6.45, 7) is 7.90. The van der Waals surface area contributed by atoms with Gasteiger partial charge >= 0.3 is 12.2 Å². The zero-order valence-corrected chi connectivity index (χ0v) is 10.7. The third-order valence-corrected chi connectivity index (χ3v) is 2.55. The minimum atomic E-state index is -0.959. The molecule has 0 saturated carbocycles. The van der Waals surface area contributed by atoms with E-state index < -0.39 is 23.3 Å². The van der Waals surface area contributed by atoms with E-state index in [0.29, 0.717) is 19.5 Å². The molecule has 6 nitrogen and oxygen atoms in total. The highest BCUT2D eigenvalue weighted by Gasteiger charge is 2.38. The first-order chi connectivity index (χ1) is 7.61. The number of carbonyl (C=O) groups is 2. The number of likely N-dealkylation sites (tertiary alicyclic amines) is 1. The Labute approximate surface area is 101 Å². The van der Waals surface area contributed by atoms with Gasteiger partial charge in [-0.25, -0.2) is 9.59 Å². The minimum Gasteiger partial charge on any atom is -0.465 e. The average Bonchev–Trinajstić information content (AvgIpc) is 2.43. The molecule has 1 atom stereocenters. The highest BCUT2D eigenvalue weighted by atomic mass is 16.6. The molecule has 6 heteroatoms. The van der Waals surface area contributed by atoms with E-state index in [0.717, 1.165) is 0 Å². The smallest absolute Gasteiger partial charge is 0.408 e. The molecule has 0 aliphatic carbocycles. The van der Waals surface area contributed by atoms with Gasteiger partial charge in [-0.2, -0.15) is 0 Å². The lowest BCUT2D eigenvalue weighted by Crippen LogP contribution is -2.50. The third-order valence-electron chi connectivity index (χ3n) is 2.55. The Hall–Kier alpha value is -1.46. The molecule has 2 amide bonds. The number of amides is 2. The fourth-order valence-corrected chi connectivity index (χ4v) is 1.78. The lowest BCUT2D eigenvalue weighted by molar-refractivity contribution is 0.0465. The average molecular weight is 244 g/mol. The van der Waals surface area contributed by atoms with E-state index in [-0.39, 0.29) is 0 Å². The predicted octanol–water partition coefficient (Wildman–Crippen LogP) is 1.65. The predicted molar refractivity (Wildman–Crippen MR) is 62.0 cm³/mol. The SMILES string of the molecule is CC(C)(C)OC(=O)N[C@]1(C)CCN(C(=O)O)C1. The van der Waals surface area contributed by atoms with Crippen LogP contribution < -0.4 is 5.32 Å². The number of nitrogens with one attached hydrogen (secondary N) is 1. The van der Waals surface area contributed by atoms with Crippen LogP contribution in [0.5, 0.6) is 0 Å². The zero-order valence-electron chi connectivity index (χ0n) is 10.7. The van der Waals surface area contributed by atoms with Crippen molar-refractivity contribution in [1.29, 1.82) is 0 Å².